The fourth-order valence-corrected chi connectivity index (χ4v) is 5.45. The van der Waals surface area contributed by atoms with Crippen molar-refractivity contribution in [3.8, 4) is 154 Å². The second kappa shape index (κ2) is 52.4. The van der Waals surface area contributed by atoms with E-state index in [9.17, 15) is 0 Å². The molecule has 57 heavy (non-hydrogen) atoms. The van der Waals surface area contributed by atoms with E-state index >= 15 is 0 Å². The predicted octanol–water partition coefficient (Wildman–Crippen LogP) is 12.5. The fraction of sp³-hybridized carbons (Fsp3) is 0.544. The number of terminal acetylenes is 1. The Morgan fingerprint density at radius 3 is 0.667 bits per heavy atom. The van der Waals surface area contributed by atoms with E-state index in [4.69, 9.17) is 6.42 Å². The molecule has 0 heterocycles. The maximum Gasteiger partial charge on any atom is 0 e. The topological polar surface area (TPSA) is 0 Å². The molecular formula is C57H66. The van der Waals surface area contributed by atoms with Crippen LogP contribution in [0.15, 0.2) is 0 Å². The van der Waals surface area contributed by atoms with Crippen molar-refractivity contribution in [2.75, 3.05) is 0 Å². The Bertz CT molecular complexity index is 1870. The number of hydrogen-bond donors (Lipinski definition) is 0. The van der Waals surface area contributed by atoms with Gasteiger partial charge in [-0.3, -0.25) is 0 Å². The van der Waals surface area contributed by atoms with Crippen molar-refractivity contribution in [2.24, 2.45) is 5.92 Å². The third-order valence-corrected chi connectivity index (χ3v) is 8.46. The average molecular weight is 751 g/mol. The molecule has 0 atom stereocenters. The molecule has 0 heteroatoms. The summed E-state index contributed by atoms with van der Waals surface area (Å²) in [5.41, 5.74) is 0. The van der Waals surface area contributed by atoms with Crippen molar-refractivity contribution in [1.29, 1.82) is 0 Å². The Balaban J connectivity index is 0. The van der Waals surface area contributed by atoms with E-state index in [2.05, 4.69) is 169 Å². The molecule has 0 unspecified atom stereocenters. The Kier molecular flexibility index (Phi) is 49.1. The zero-order valence-electron chi connectivity index (χ0n) is 36.0. The lowest BCUT2D eigenvalue weighted by atomic mass is 10.0. The summed E-state index contributed by atoms with van der Waals surface area (Å²) in [6, 6.07) is 0. The highest BCUT2D eigenvalue weighted by Crippen LogP contribution is 2.16. The van der Waals surface area contributed by atoms with Gasteiger partial charge in [-0.1, -0.05) is 194 Å². The monoisotopic (exact) mass is 751 g/mol. The fourth-order valence-electron chi connectivity index (χ4n) is 5.45. The highest BCUT2D eigenvalue weighted by Gasteiger charge is 1.97. The predicted molar refractivity (Wildman–Crippen MR) is 248 cm³/mol. The smallest absolute Gasteiger partial charge is 0 e. The standard InChI is InChI=1S/C30H62.C27H4/c1-4-5-6-7-8-9-10-11-12-13-14-15-16-17-18-19-20-21-22-23-24-25-26-27-28-29-30(2)3;1-3-5-7-9-11-13-15-17-19-21-23-25-27-26-24-22-20-18-16-14-12-10-8-6-4-2/h30H,4-29H2,1-3H3;1H,2H3. The zero-order chi connectivity index (χ0) is 41.6. The van der Waals surface area contributed by atoms with Crippen LogP contribution in [0.5, 0.6) is 0 Å². The second-order valence-electron chi connectivity index (χ2n) is 13.9. The first-order valence-corrected chi connectivity index (χ1v) is 21.6. The molecule has 0 aromatic rings. The first-order chi connectivity index (χ1) is 28.2. The summed E-state index contributed by atoms with van der Waals surface area (Å²) < 4.78 is 0. The molecule has 0 bridgehead atoms. The molecule has 294 valence electrons. The molecule has 0 amide bonds. The largest absolute Gasteiger partial charge is 0.106 e. The molecule has 0 saturated heterocycles. The number of hydrogen-bond acceptors (Lipinski definition) is 0. The Hall–Kier alpha value is -5.72. The third-order valence-electron chi connectivity index (χ3n) is 8.46. The molecular weight excluding hydrogens is 685 g/mol. The van der Waals surface area contributed by atoms with Gasteiger partial charge in [0.2, 0.25) is 0 Å². The summed E-state index contributed by atoms with van der Waals surface area (Å²) in [5, 5.41) is 0. The molecule has 0 N–H and O–H groups in total. The molecule has 0 saturated carbocycles. The van der Waals surface area contributed by atoms with E-state index < -0.39 is 0 Å². The minimum Gasteiger partial charge on any atom is -0.106 e. The van der Waals surface area contributed by atoms with E-state index in [1.165, 1.54) is 167 Å². The van der Waals surface area contributed by atoms with Crippen LogP contribution in [0, 0.1) is 160 Å². The summed E-state index contributed by atoms with van der Waals surface area (Å²) >= 11 is 0. The van der Waals surface area contributed by atoms with E-state index in [0.29, 0.717) is 0 Å². The summed E-state index contributed by atoms with van der Waals surface area (Å²) in [4.78, 5) is 0. The first kappa shape index (κ1) is 53.4. The maximum absolute atomic E-state index is 4.91. The summed E-state index contributed by atoms with van der Waals surface area (Å²) in [7, 11) is 0. The van der Waals surface area contributed by atoms with Crippen molar-refractivity contribution in [3.05, 3.63) is 0 Å². The molecule has 0 fully saturated rings. The lowest BCUT2D eigenvalue weighted by molar-refractivity contribution is 0.500. The van der Waals surface area contributed by atoms with Crippen molar-refractivity contribution in [3.63, 3.8) is 0 Å². The van der Waals surface area contributed by atoms with Crippen LogP contribution in [0.25, 0.3) is 0 Å². The minimum atomic E-state index is 0.898. The van der Waals surface area contributed by atoms with Gasteiger partial charge in [-0.25, -0.2) is 0 Å². The van der Waals surface area contributed by atoms with Crippen molar-refractivity contribution in [1.82, 2.24) is 0 Å². The first-order valence-electron chi connectivity index (χ1n) is 21.6. The van der Waals surface area contributed by atoms with Crippen LogP contribution in [0.4, 0.5) is 0 Å². The number of rotatable bonds is 26. The summed E-state index contributed by atoms with van der Waals surface area (Å²) in [6.45, 7) is 8.69. The van der Waals surface area contributed by atoms with Crippen LogP contribution in [0.3, 0.4) is 0 Å². The van der Waals surface area contributed by atoms with E-state index in [1.54, 1.807) is 6.92 Å². The van der Waals surface area contributed by atoms with Gasteiger partial charge < -0.3 is 0 Å². The lowest BCUT2D eigenvalue weighted by Crippen LogP contribution is -1.87. The van der Waals surface area contributed by atoms with Gasteiger partial charge in [-0.05, 0) is 108 Å². The van der Waals surface area contributed by atoms with Crippen LogP contribution in [0.2, 0.25) is 0 Å². The van der Waals surface area contributed by atoms with Gasteiger partial charge >= 0.3 is 0 Å². The normalized spacial score (nSPS) is 7.93. The van der Waals surface area contributed by atoms with Gasteiger partial charge in [-0.2, -0.15) is 0 Å². The summed E-state index contributed by atoms with van der Waals surface area (Å²) in [6.07, 6.45) is 43.4. The Labute approximate surface area is 353 Å². The van der Waals surface area contributed by atoms with Gasteiger partial charge in [0.05, 0.1) is 0 Å². The molecule has 0 nitrogen and oxygen atoms in total. The zero-order valence-corrected chi connectivity index (χ0v) is 36.0. The van der Waals surface area contributed by atoms with E-state index in [0.717, 1.165) is 5.92 Å². The number of unbranched alkanes of at least 4 members (excludes halogenated alkanes) is 24. The molecule has 0 aliphatic rings. The van der Waals surface area contributed by atoms with E-state index in [1.807, 2.05) is 0 Å². The second-order valence-corrected chi connectivity index (χ2v) is 13.9. The van der Waals surface area contributed by atoms with Crippen molar-refractivity contribution >= 4 is 0 Å². The highest BCUT2D eigenvalue weighted by atomic mass is 14.0. The molecule has 0 rings (SSSR count). The van der Waals surface area contributed by atoms with E-state index in [-0.39, 0.29) is 0 Å². The molecule has 0 radical (unpaired) electrons. The van der Waals surface area contributed by atoms with Crippen LogP contribution in [-0.2, 0) is 0 Å². The van der Waals surface area contributed by atoms with Gasteiger partial charge in [0.25, 0.3) is 0 Å². The molecule has 0 aromatic carbocycles. The Morgan fingerprint density at radius 2 is 0.474 bits per heavy atom. The Morgan fingerprint density at radius 1 is 0.281 bits per heavy atom. The van der Waals surface area contributed by atoms with Crippen LogP contribution in [-0.4, -0.2) is 0 Å². The maximum atomic E-state index is 4.91. The summed E-state index contributed by atoms with van der Waals surface area (Å²) in [5.74, 6) is 62.8. The van der Waals surface area contributed by atoms with Crippen LogP contribution in [0.1, 0.15) is 195 Å². The molecule has 0 aliphatic heterocycles. The molecule has 0 spiro atoms. The van der Waals surface area contributed by atoms with Crippen molar-refractivity contribution in [2.45, 2.75) is 195 Å². The van der Waals surface area contributed by atoms with Crippen molar-refractivity contribution < 1.29 is 0 Å². The van der Waals surface area contributed by atoms with Gasteiger partial charge in [-0.15, -0.1) is 6.42 Å². The average Bonchev–Trinajstić information content (AvgIpc) is 3.21. The van der Waals surface area contributed by atoms with Gasteiger partial charge in [0, 0.05) is 47.4 Å². The van der Waals surface area contributed by atoms with Gasteiger partial charge in [0.1, 0.15) is 0 Å². The highest BCUT2D eigenvalue weighted by molar-refractivity contribution is 5.48. The van der Waals surface area contributed by atoms with Gasteiger partial charge in [0.15, 0.2) is 0 Å². The lowest BCUT2D eigenvalue weighted by Gasteiger charge is -2.05. The third kappa shape index (κ3) is 57.2. The SMILES string of the molecule is C#CC#CC#CC#CC#CC#CC#CC#CC#CC#CC#CC#CC#CC.CCCCCCCCCCCCCCCCCCCCCCCCCCCC(C)C. The minimum absolute atomic E-state index is 0.898. The van der Waals surface area contributed by atoms with Crippen LogP contribution >= 0.6 is 0 Å². The molecule has 0 aromatic heterocycles. The quantitative estimate of drug-likeness (QED) is 0.0610. The molecule has 0 aliphatic carbocycles. The van der Waals surface area contributed by atoms with Crippen LogP contribution < -0.4 is 0 Å².